The Morgan fingerprint density at radius 3 is 2.32 bits per heavy atom. The normalized spacial score (nSPS) is 21.9. The number of hydrogen-bond donors (Lipinski definition) is 1. The van der Waals surface area contributed by atoms with Crippen molar-refractivity contribution in [3.05, 3.63) is 46.2 Å². The molecule has 1 aromatic carbocycles. The van der Waals surface area contributed by atoms with Gasteiger partial charge in [0.05, 0.1) is 0 Å². The fourth-order valence-electron chi connectivity index (χ4n) is 4.84. The van der Waals surface area contributed by atoms with Crippen LogP contribution in [0.25, 0.3) is 10.9 Å². The van der Waals surface area contributed by atoms with Crippen LogP contribution in [0.3, 0.4) is 0 Å². The van der Waals surface area contributed by atoms with Gasteiger partial charge in [0.1, 0.15) is 0 Å². The first-order chi connectivity index (χ1) is 12.3. The third kappa shape index (κ3) is 3.82. The van der Waals surface area contributed by atoms with E-state index in [9.17, 15) is 4.79 Å². The van der Waals surface area contributed by atoms with Crippen LogP contribution in [0.15, 0.2) is 35.1 Å². The van der Waals surface area contributed by atoms with Gasteiger partial charge < -0.3 is 9.88 Å². The van der Waals surface area contributed by atoms with Crippen molar-refractivity contribution >= 4 is 10.9 Å². The maximum atomic E-state index is 12.5. The van der Waals surface area contributed by atoms with Gasteiger partial charge in [0, 0.05) is 17.1 Å². The molecule has 2 heterocycles. The lowest BCUT2D eigenvalue weighted by Crippen LogP contribution is -2.41. The predicted molar refractivity (Wildman–Crippen MR) is 104 cm³/mol. The molecule has 2 aromatic rings. The molecule has 1 aliphatic carbocycles. The smallest absolute Gasteiger partial charge is 0.251 e. The number of nitrogens with one attached hydrogen (secondary N) is 1. The minimum Gasteiger partial charge on any atom is -0.322 e. The first-order valence-corrected chi connectivity index (χ1v) is 10.2. The molecule has 0 spiro atoms. The van der Waals surface area contributed by atoms with Crippen LogP contribution < -0.4 is 5.56 Å². The lowest BCUT2D eigenvalue weighted by atomic mass is 9.87. The highest BCUT2D eigenvalue weighted by atomic mass is 16.1. The van der Waals surface area contributed by atoms with Gasteiger partial charge in [-0.1, -0.05) is 50.3 Å². The topological polar surface area (TPSA) is 36.1 Å². The summed E-state index contributed by atoms with van der Waals surface area (Å²) >= 11 is 0. The number of nitrogens with zero attached hydrogens (tertiary/aromatic N) is 1. The zero-order valence-corrected chi connectivity index (χ0v) is 15.2. The Kier molecular flexibility index (Phi) is 5.21. The van der Waals surface area contributed by atoms with Gasteiger partial charge >= 0.3 is 0 Å². The van der Waals surface area contributed by atoms with Gasteiger partial charge in [0.15, 0.2) is 0 Å². The Morgan fingerprint density at radius 2 is 1.56 bits per heavy atom. The summed E-state index contributed by atoms with van der Waals surface area (Å²) in [5.74, 6) is 0.415. The SMILES string of the molecule is O=c1[nH]c2ccccc2cc1C1CCN(C2CCCCCCC2)CC1. The average molecular weight is 338 g/mol. The second kappa shape index (κ2) is 7.74. The molecule has 25 heavy (non-hydrogen) atoms. The van der Waals surface area contributed by atoms with Crippen molar-refractivity contribution in [2.24, 2.45) is 0 Å². The van der Waals surface area contributed by atoms with E-state index in [0.717, 1.165) is 48.4 Å². The van der Waals surface area contributed by atoms with Crippen molar-refractivity contribution in [2.75, 3.05) is 13.1 Å². The quantitative estimate of drug-likeness (QED) is 0.852. The highest BCUT2D eigenvalue weighted by molar-refractivity contribution is 5.78. The van der Waals surface area contributed by atoms with Crippen molar-refractivity contribution in [2.45, 2.75) is 69.7 Å². The molecule has 1 aliphatic heterocycles. The van der Waals surface area contributed by atoms with Crippen molar-refractivity contribution in [3.63, 3.8) is 0 Å². The number of rotatable bonds is 2. The number of aromatic amines is 1. The van der Waals surface area contributed by atoms with Gasteiger partial charge in [-0.25, -0.2) is 0 Å². The Labute approximate surface area is 150 Å². The van der Waals surface area contributed by atoms with Gasteiger partial charge in [-0.2, -0.15) is 0 Å². The van der Waals surface area contributed by atoms with E-state index in [1.165, 1.54) is 44.9 Å². The summed E-state index contributed by atoms with van der Waals surface area (Å²) in [6, 6.07) is 11.0. The van der Waals surface area contributed by atoms with Crippen LogP contribution in [0.4, 0.5) is 0 Å². The third-order valence-corrected chi connectivity index (χ3v) is 6.34. The van der Waals surface area contributed by atoms with Gasteiger partial charge in [-0.3, -0.25) is 4.79 Å². The second-order valence-corrected chi connectivity index (χ2v) is 7.95. The van der Waals surface area contributed by atoms with Crippen LogP contribution in [-0.4, -0.2) is 29.0 Å². The van der Waals surface area contributed by atoms with Gasteiger partial charge in [0.2, 0.25) is 0 Å². The van der Waals surface area contributed by atoms with E-state index in [0.29, 0.717) is 5.92 Å². The molecule has 4 rings (SSSR count). The van der Waals surface area contributed by atoms with Crippen molar-refractivity contribution in [1.29, 1.82) is 0 Å². The summed E-state index contributed by atoms with van der Waals surface area (Å²) < 4.78 is 0. The highest BCUT2D eigenvalue weighted by Gasteiger charge is 2.27. The van der Waals surface area contributed by atoms with Crippen LogP contribution >= 0.6 is 0 Å². The summed E-state index contributed by atoms with van der Waals surface area (Å²) in [6.07, 6.45) is 12.1. The third-order valence-electron chi connectivity index (χ3n) is 6.34. The van der Waals surface area contributed by atoms with Crippen molar-refractivity contribution < 1.29 is 0 Å². The Hall–Kier alpha value is -1.61. The van der Waals surface area contributed by atoms with Crippen molar-refractivity contribution in [3.8, 4) is 0 Å². The molecule has 1 saturated carbocycles. The number of piperidine rings is 1. The summed E-state index contributed by atoms with van der Waals surface area (Å²) in [6.45, 7) is 2.31. The van der Waals surface area contributed by atoms with Gasteiger partial charge in [0.25, 0.3) is 5.56 Å². The number of fused-ring (bicyclic) bond motifs is 1. The first-order valence-electron chi connectivity index (χ1n) is 10.2. The molecule has 2 aliphatic rings. The molecule has 0 amide bonds. The maximum Gasteiger partial charge on any atom is 0.251 e. The molecule has 1 aromatic heterocycles. The predicted octanol–water partition coefficient (Wildman–Crippen LogP) is 4.82. The monoisotopic (exact) mass is 338 g/mol. The number of likely N-dealkylation sites (tertiary alicyclic amines) is 1. The van der Waals surface area contributed by atoms with Crippen LogP contribution in [0.5, 0.6) is 0 Å². The van der Waals surface area contributed by atoms with E-state index >= 15 is 0 Å². The molecule has 134 valence electrons. The van der Waals surface area contributed by atoms with E-state index in [-0.39, 0.29) is 5.56 Å². The van der Waals surface area contributed by atoms with Crippen LogP contribution in [0.1, 0.15) is 69.3 Å². The van der Waals surface area contributed by atoms with Crippen LogP contribution in [-0.2, 0) is 0 Å². The Balaban J connectivity index is 1.44. The molecule has 2 fully saturated rings. The molecule has 1 N–H and O–H groups in total. The Morgan fingerprint density at radius 1 is 0.880 bits per heavy atom. The van der Waals surface area contributed by atoms with Crippen LogP contribution in [0.2, 0.25) is 0 Å². The number of pyridine rings is 1. The summed E-state index contributed by atoms with van der Waals surface area (Å²) in [5, 5.41) is 1.15. The first kappa shape index (κ1) is 16.8. The molecule has 0 radical (unpaired) electrons. The van der Waals surface area contributed by atoms with Gasteiger partial charge in [-0.05, 0) is 62.2 Å². The summed E-state index contributed by atoms with van der Waals surface area (Å²) in [4.78, 5) is 18.3. The number of H-pyrrole nitrogens is 1. The summed E-state index contributed by atoms with van der Waals surface area (Å²) in [7, 11) is 0. The fraction of sp³-hybridized carbons (Fsp3) is 0.591. The number of hydrogen-bond acceptors (Lipinski definition) is 2. The standard InChI is InChI=1S/C22H30N2O/c25-22-20(16-18-8-6-7-11-21(18)23-22)17-12-14-24(15-13-17)19-9-4-2-1-3-5-10-19/h6-8,11,16-17,19H,1-5,9-10,12-15H2,(H,23,25). The second-order valence-electron chi connectivity index (χ2n) is 7.95. The lowest BCUT2D eigenvalue weighted by Gasteiger charge is -2.38. The van der Waals surface area contributed by atoms with E-state index in [4.69, 9.17) is 0 Å². The average Bonchev–Trinajstić information content (AvgIpc) is 2.61. The zero-order chi connectivity index (χ0) is 17.1. The largest absolute Gasteiger partial charge is 0.322 e. The molecular weight excluding hydrogens is 308 g/mol. The molecule has 3 heteroatoms. The number of aromatic nitrogens is 1. The molecule has 0 bridgehead atoms. The fourth-order valence-corrected chi connectivity index (χ4v) is 4.84. The van der Waals surface area contributed by atoms with Crippen LogP contribution in [0, 0.1) is 0 Å². The van der Waals surface area contributed by atoms with E-state index in [2.05, 4.69) is 22.0 Å². The molecule has 0 unspecified atom stereocenters. The summed E-state index contributed by atoms with van der Waals surface area (Å²) in [5.41, 5.74) is 2.06. The number of benzene rings is 1. The van der Waals surface area contributed by atoms with E-state index in [1.807, 2.05) is 18.2 Å². The minimum absolute atomic E-state index is 0.114. The molecular formula is C22H30N2O. The minimum atomic E-state index is 0.114. The van der Waals surface area contributed by atoms with Crippen molar-refractivity contribution in [1.82, 2.24) is 9.88 Å². The number of para-hydroxylation sites is 1. The molecule has 3 nitrogen and oxygen atoms in total. The lowest BCUT2D eigenvalue weighted by molar-refractivity contribution is 0.129. The molecule has 0 atom stereocenters. The van der Waals surface area contributed by atoms with E-state index < -0.39 is 0 Å². The maximum absolute atomic E-state index is 12.5. The molecule has 1 saturated heterocycles. The Bertz CT molecular complexity index is 750. The zero-order valence-electron chi connectivity index (χ0n) is 15.2. The van der Waals surface area contributed by atoms with Gasteiger partial charge in [-0.15, -0.1) is 0 Å². The van der Waals surface area contributed by atoms with E-state index in [1.54, 1.807) is 0 Å². The highest BCUT2D eigenvalue weighted by Crippen LogP contribution is 2.31.